The van der Waals surface area contributed by atoms with Gasteiger partial charge in [0, 0.05) is 30.0 Å². The second kappa shape index (κ2) is 14.2. The van der Waals surface area contributed by atoms with Gasteiger partial charge in [-0.15, -0.1) is 0 Å². The molecule has 0 unspecified atom stereocenters. The Morgan fingerprint density at radius 2 is 1.74 bits per heavy atom. The quantitative estimate of drug-likeness (QED) is 0.212. The fourth-order valence-electron chi connectivity index (χ4n) is 5.11. The maximum Gasteiger partial charge on any atom is 0.276 e. The summed E-state index contributed by atoms with van der Waals surface area (Å²) in [6.07, 6.45) is 11.0. The predicted octanol–water partition coefficient (Wildman–Crippen LogP) is 8.20. The SMILES string of the molecule is CCCC=C(CC)c1[nH]n2c(=O)c(CCCC)c(CCCC)nc2c1Nc1ccc(N(CC)CC)cc1C. The van der Waals surface area contributed by atoms with Gasteiger partial charge in [-0.1, -0.05) is 53.0 Å². The van der Waals surface area contributed by atoms with Crippen LogP contribution in [0.5, 0.6) is 0 Å². The molecule has 6 heteroatoms. The minimum atomic E-state index is 0.0448. The zero-order valence-corrected chi connectivity index (χ0v) is 24.8. The average molecular weight is 520 g/mol. The first-order chi connectivity index (χ1) is 18.4. The van der Waals surface area contributed by atoms with Crippen molar-refractivity contribution in [1.82, 2.24) is 14.6 Å². The Balaban J connectivity index is 2.23. The Labute approximate surface area is 229 Å². The molecule has 2 heterocycles. The molecule has 0 aliphatic heterocycles. The molecule has 2 N–H and O–H groups in total. The number of anilines is 3. The second-order valence-electron chi connectivity index (χ2n) is 10.2. The number of rotatable bonds is 15. The van der Waals surface area contributed by atoms with Gasteiger partial charge in [0.25, 0.3) is 5.56 Å². The molecule has 0 aliphatic carbocycles. The summed E-state index contributed by atoms with van der Waals surface area (Å²) in [5, 5.41) is 7.20. The van der Waals surface area contributed by atoms with Crippen molar-refractivity contribution in [3.63, 3.8) is 0 Å². The fourth-order valence-corrected chi connectivity index (χ4v) is 5.11. The standard InChI is InChI=1S/C32H49N5O/c1-8-14-17-24(11-4)29-30(33-27-21-20-25(22-23(27)7)36(12-5)13-6)31-34-28(19-16-10-3)26(18-15-9-2)32(38)37(31)35-29/h17,20-22,33,35H,8-16,18-19H2,1-7H3. The van der Waals surface area contributed by atoms with Crippen molar-refractivity contribution >= 4 is 28.3 Å². The number of fused-ring (bicyclic) bond motifs is 1. The number of unbranched alkanes of at least 4 members (excludes halogenated alkanes) is 3. The highest BCUT2D eigenvalue weighted by atomic mass is 16.1. The highest BCUT2D eigenvalue weighted by Gasteiger charge is 2.21. The number of aromatic amines is 1. The molecule has 0 fully saturated rings. The van der Waals surface area contributed by atoms with Crippen LogP contribution >= 0.6 is 0 Å². The van der Waals surface area contributed by atoms with Crippen LogP contribution in [-0.4, -0.2) is 27.7 Å². The summed E-state index contributed by atoms with van der Waals surface area (Å²) in [4.78, 5) is 21.4. The van der Waals surface area contributed by atoms with Gasteiger partial charge in [0.2, 0.25) is 0 Å². The van der Waals surface area contributed by atoms with E-state index in [-0.39, 0.29) is 5.56 Å². The number of aromatic nitrogens is 3. The van der Waals surface area contributed by atoms with Crippen LogP contribution in [0.15, 0.2) is 29.1 Å². The number of allylic oxidation sites excluding steroid dienone is 2. The minimum Gasteiger partial charge on any atom is -0.372 e. The summed E-state index contributed by atoms with van der Waals surface area (Å²) in [5.41, 5.74) is 9.07. The zero-order chi connectivity index (χ0) is 27.7. The minimum absolute atomic E-state index is 0.0448. The topological polar surface area (TPSA) is 65.4 Å². The normalized spacial score (nSPS) is 11.9. The number of nitrogens with one attached hydrogen (secondary N) is 2. The Morgan fingerprint density at radius 3 is 2.34 bits per heavy atom. The van der Waals surface area contributed by atoms with E-state index in [1.165, 1.54) is 16.8 Å². The molecule has 0 spiro atoms. The van der Waals surface area contributed by atoms with E-state index in [0.717, 1.165) is 99.2 Å². The van der Waals surface area contributed by atoms with Crippen LogP contribution in [0, 0.1) is 6.92 Å². The van der Waals surface area contributed by atoms with E-state index in [1.807, 2.05) is 0 Å². The van der Waals surface area contributed by atoms with Crippen molar-refractivity contribution in [2.24, 2.45) is 0 Å². The van der Waals surface area contributed by atoms with E-state index < -0.39 is 0 Å². The van der Waals surface area contributed by atoms with Gasteiger partial charge in [-0.25, -0.2) is 4.98 Å². The molecule has 0 amide bonds. The average Bonchev–Trinajstić information content (AvgIpc) is 3.27. The van der Waals surface area contributed by atoms with Crippen molar-refractivity contribution < 1.29 is 0 Å². The van der Waals surface area contributed by atoms with Crippen molar-refractivity contribution in [3.05, 3.63) is 57.1 Å². The largest absolute Gasteiger partial charge is 0.372 e. The summed E-state index contributed by atoms with van der Waals surface area (Å²) >= 11 is 0. The lowest BCUT2D eigenvalue weighted by molar-refractivity contribution is 0.719. The van der Waals surface area contributed by atoms with Crippen molar-refractivity contribution in [2.45, 2.75) is 106 Å². The van der Waals surface area contributed by atoms with Crippen LogP contribution in [0.3, 0.4) is 0 Å². The molecule has 3 aromatic rings. The Morgan fingerprint density at radius 1 is 1.03 bits per heavy atom. The highest BCUT2D eigenvalue weighted by molar-refractivity contribution is 5.87. The lowest BCUT2D eigenvalue weighted by atomic mass is 10.0. The third-order valence-corrected chi connectivity index (χ3v) is 7.49. The van der Waals surface area contributed by atoms with Crippen LogP contribution in [0.2, 0.25) is 0 Å². The van der Waals surface area contributed by atoms with Gasteiger partial charge in [-0.2, -0.15) is 4.52 Å². The zero-order valence-electron chi connectivity index (χ0n) is 24.8. The van der Waals surface area contributed by atoms with Crippen molar-refractivity contribution in [1.29, 1.82) is 0 Å². The molecular weight excluding hydrogens is 470 g/mol. The van der Waals surface area contributed by atoms with Crippen LogP contribution in [0.4, 0.5) is 17.1 Å². The lowest BCUT2D eigenvalue weighted by Crippen LogP contribution is -2.23. The second-order valence-corrected chi connectivity index (χ2v) is 10.2. The van der Waals surface area contributed by atoms with Crippen molar-refractivity contribution in [2.75, 3.05) is 23.3 Å². The van der Waals surface area contributed by atoms with E-state index in [1.54, 1.807) is 4.52 Å². The third kappa shape index (κ3) is 6.51. The molecule has 2 aromatic heterocycles. The number of hydrogen-bond acceptors (Lipinski definition) is 4. The van der Waals surface area contributed by atoms with Gasteiger partial charge in [0.1, 0.15) is 5.69 Å². The van der Waals surface area contributed by atoms with Gasteiger partial charge >= 0.3 is 0 Å². The monoisotopic (exact) mass is 519 g/mol. The van der Waals surface area contributed by atoms with Crippen LogP contribution in [0.1, 0.15) is 109 Å². The summed E-state index contributed by atoms with van der Waals surface area (Å²) in [6, 6.07) is 6.58. The van der Waals surface area contributed by atoms with Gasteiger partial charge < -0.3 is 10.2 Å². The molecule has 1 aromatic carbocycles. The van der Waals surface area contributed by atoms with E-state index in [9.17, 15) is 4.79 Å². The maximum absolute atomic E-state index is 13.9. The van der Waals surface area contributed by atoms with Gasteiger partial charge in [-0.3, -0.25) is 9.89 Å². The summed E-state index contributed by atoms with van der Waals surface area (Å²) in [6.45, 7) is 17.2. The van der Waals surface area contributed by atoms with Crippen LogP contribution < -0.4 is 15.8 Å². The van der Waals surface area contributed by atoms with Gasteiger partial charge in [-0.05, 0) is 88.6 Å². The predicted molar refractivity (Wildman–Crippen MR) is 164 cm³/mol. The molecule has 0 saturated heterocycles. The number of H-pyrrole nitrogens is 1. The summed E-state index contributed by atoms with van der Waals surface area (Å²) < 4.78 is 1.69. The Hall–Kier alpha value is -3.02. The molecular formula is C32H49N5O. The van der Waals surface area contributed by atoms with E-state index in [4.69, 9.17) is 4.98 Å². The first kappa shape index (κ1) is 29.5. The molecule has 0 bridgehead atoms. The molecule has 0 atom stereocenters. The fraction of sp³-hybridized carbons (Fsp3) is 0.562. The lowest BCUT2D eigenvalue weighted by Gasteiger charge is -2.22. The smallest absolute Gasteiger partial charge is 0.276 e. The molecule has 208 valence electrons. The summed E-state index contributed by atoms with van der Waals surface area (Å²) in [5.74, 6) is 0. The number of aryl methyl sites for hydroxylation is 2. The maximum atomic E-state index is 13.9. The highest BCUT2D eigenvalue weighted by Crippen LogP contribution is 2.34. The Kier molecular flexibility index (Phi) is 11.1. The summed E-state index contributed by atoms with van der Waals surface area (Å²) in [7, 11) is 0. The Bertz CT molecular complexity index is 1280. The number of nitrogens with zero attached hydrogens (tertiary/aromatic N) is 3. The third-order valence-electron chi connectivity index (χ3n) is 7.49. The molecule has 0 radical (unpaired) electrons. The molecule has 38 heavy (non-hydrogen) atoms. The molecule has 0 aliphatic rings. The molecule has 3 rings (SSSR count). The van der Waals surface area contributed by atoms with Gasteiger partial charge in [0.15, 0.2) is 5.65 Å². The van der Waals surface area contributed by atoms with Crippen LogP contribution in [0.25, 0.3) is 11.2 Å². The first-order valence-electron chi connectivity index (χ1n) is 14.9. The van der Waals surface area contributed by atoms with Gasteiger partial charge in [0.05, 0.1) is 11.4 Å². The number of hydrogen-bond donors (Lipinski definition) is 2. The molecule has 0 saturated carbocycles. The van der Waals surface area contributed by atoms with E-state index in [2.05, 4.69) is 88.1 Å². The molecule has 6 nitrogen and oxygen atoms in total. The van der Waals surface area contributed by atoms with E-state index >= 15 is 0 Å². The first-order valence-corrected chi connectivity index (χ1v) is 14.9. The van der Waals surface area contributed by atoms with Crippen molar-refractivity contribution in [3.8, 4) is 0 Å². The number of benzene rings is 1. The van der Waals surface area contributed by atoms with Crippen LogP contribution in [-0.2, 0) is 12.8 Å². The van der Waals surface area contributed by atoms with E-state index in [0.29, 0.717) is 5.65 Å².